The first-order chi connectivity index (χ1) is 9.72. The van der Waals surface area contributed by atoms with Gasteiger partial charge in [0.05, 0.1) is 6.42 Å². The van der Waals surface area contributed by atoms with Gasteiger partial charge >= 0.3 is 5.97 Å². The van der Waals surface area contributed by atoms with Gasteiger partial charge in [-0.05, 0) is 0 Å². The third kappa shape index (κ3) is 2.52. The van der Waals surface area contributed by atoms with Crippen LogP contribution in [-0.2, 0) is 15.2 Å². The lowest BCUT2D eigenvalue weighted by Gasteiger charge is -2.27. The second-order valence-corrected chi connectivity index (χ2v) is 4.67. The summed E-state index contributed by atoms with van der Waals surface area (Å²) >= 11 is 0. The molecule has 4 nitrogen and oxygen atoms in total. The van der Waals surface area contributed by atoms with Gasteiger partial charge in [-0.1, -0.05) is 73.2 Å². The molecule has 4 heteroatoms. The summed E-state index contributed by atoms with van der Waals surface area (Å²) in [6, 6.07) is 19.1. The zero-order chi connectivity index (χ0) is 14.0. The van der Waals surface area contributed by atoms with E-state index in [2.05, 4.69) is 5.16 Å². The quantitative estimate of drug-likeness (QED) is 0.938. The Hall–Kier alpha value is -2.62. The van der Waals surface area contributed by atoms with Gasteiger partial charge in [0.25, 0.3) is 0 Å². The average molecular weight is 283 g/mol. The van der Waals surface area contributed by atoms with Gasteiger partial charge < -0.3 is 9.94 Å². The van der Waals surface area contributed by atoms with Gasteiger partial charge in [-0.2, -0.15) is 0 Å². The third-order valence-corrected chi connectivity index (χ3v) is 3.46. The number of carbonyl (C=O) groups is 1. The van der Waals surface area contributed by atoms with E-state index in [1.54, 1.807) is 0 Å². The summed E-state index contributed by atoms with van der Waals surface area (Å²) in [5.74, 6) is -1.04. The Morgan fingerprint density at radius 1 is 1.00 bits per heavy atom. The normalized spacial score (nSPS) is 15.5. The molecule has 0 atom stereocenters. The van der Waals surface area contributed by atoms with Gasteiger partial charge in [0.2, 0.25) is 0 Å². The predicted octanol–water partition coefficient (Wildman–Crippen LogP) is 3.43. The van der Waals surface area contributed by atoms with Crippen LogP contribution in [0.25, 0.3) is 0 Å². The van der Waals surface area contributed by atoms with Crippen molar-refractivity contribution in [3.8, 4) is 0 Å². The van der Waals surface area contributed by atoms with Crippen molar-refractivity contribution >= 4 is 11.7 Å². The van der Waals surface area contributed by atoms with Crippen molar-refractivity contribution in [2.75, 3.05) is 0 Å². The van der Waals surface area contributed by atoms with Crippen LogP contribution in [0.1, 0.15) is 25.0 Å². The zero-order valence-corrected chi connectivity index (χ0v) is 10.7. The molecule has 0 spiro atoms. The molecule has 0 aromatic heterocycles. The van der Waals surface area contributed by atoms with Crippen LogP contribution in [0.3, 0.4) is 0 Å². The summed E-state index contributed by atoms with van der Waals surface area (Å²) in [4.78, 5) is 16.7. The number of hydrogen-bond donors (Lipinski definition) is 1. The number of rotatable bonds is 3. The molecule has 0 saturated heterocycles. The molecule has 0 saturated carbocycles. The molecule has 1 aliphatic rings. The third-order valence-electron chi connectivity index (χ3n) is 3.46. The standard InChI is InChI=1S/C16H13NO3.CH4/c18-15(19)14-11-16(20-17-14,12-7-3-1-4-8-12)13-9-5-2-6-10-13;/h1-10H,11H2,(H,18,19);1H4. The van der Waals surface area contributed by atoms with E-state index in [0.29, 0.717) is 0 Å². The number of carboxylic acids is 1. The molecule has 1 heterocycles. The van der Waals surface area contributed by atoms with E-state index in [-0.39, 0.29) is 19.6 Å². The fourth-order valence-electron chi connectivity index (χ4n) is 2.44. The highest BCUT2D eigenvalue weighted by molar-refractivity contribution is 6.36. The zero-order valence-electron chi connectivity index (χ0n) is 10.7. The van der Waals surface area contributed by atoms with Crippen LogP contribution in [0.5, 0.6) is 0 Å². The first-order valence-corrected chi connectivity index (χ1v) is 6.32. The lowest BCUT2D eigenvalue weighted by Crippen LogP contribution is -2.29. The molecule has 0 radical (unpaired) electrons. The van der Waals surface area contributed by atoms with Crippen LogP contribution >= 0.6 is 0 Å². The van der Waals surface area contributed by atoms with Crippen LogP contribution in [-0.4, -0.2) is 16.8 Å². The fraction of sp³-hybridized carbons (Fsp3) is 0.176. The Bertz CT molecular complexity index is 611. The van der Waals surface area contributed by atoms with Gasteiger partial charge in [-0.3, -0.25) is 0 Å². The number of carboxylic acid groups (broad SMARTS) is 1. The van der Waals surface area contributed by atoms with Gasteiger partial charge in [-0.15, -0.1) is 0 Å². The number of hydrogen-bond acceptors (Lipinski definition) is 3. The fourth-order valence-corrected chi connectivity index (χ4v) is 2.44. The molecule has 0 aliphatic carbocycles. The molecule has 2 aromatic rings. The Balaban J connectivity index is 0.00000161. The number of aliphatic carboxylic acids is 1. The van der Waals surface area contributed by atoms with E-state index in [4.69, 9.17) is 9.94 Å². The molecule has 0 unspecified atom stereocenters. The van der Waals surface area contributed by atoms with Gasteiger partial charge in [0.1, 0.15) is 0 Å². The monoisotopic (exact) mass is 283 g/mol. The Morgan fingerprint density at radius 2 is 1.48 bits per heavy atom. The first kappa shape index (κ1) is 14.8. The molecular weight excluding hydrogens is 266 g/mol. The minimum absolute atomic E-state index is 0. The first-order valence-electron chi connectivity index (χ1n) is 6.32. The highest BCUT2D eigenvalue weighted by atomic mass is 16.7. The summed E-state index contributed by atoms with van der Waals surface area (Å²) < 4.78 is 0. The second-order valence-electron chi connectivity index (χ2n) is 4.67. The molecule has 0 fully saturated rings. The maximum absolute atomic E-state index is 11.1. The molecule has 0 amide bonds. The maximum atomic E-state index is 11.1. The SMILES string of the molecule is C.O=C(O)C1=NOC(c2ccccc2)(c2ccccc2)C1. The summed E-state index contributed by atoms with van der Waals surface area (Å²) in [6.45, 7) is 0. The van der Waals surface area contributed by atoms with E-state index in [9.17, 15) is 4.79 Å². The predicted molar refractivity (Wildman–Crippen MR) is 81.2 cm³/mol. The molecule has 3 rings (SSSR count). The van der Waals surface area contributed by atoms with Crippen molar-refractivity contribution in [2.45, 2.75) is 19.4 Å². The topological polar surface area (TPSA) is 58.9 Å². The van der Waals surface area contributed by atoms with Crippen molar-refractivity contribution in [1.82, 2.24) is 0 Å². The van der Waals surface area contributed by atoms with E-state index >= 15 is 0 Å². The van der Waals surface area contributed by atoms with E-state index in [1.807, 2.05) is 60.7 Å². The smallest absolute Gasteiger partial charge is 0.353 e. The molecule has 21 heavy (non-hydrogen) atoms. The van der Waals surface area contributed by atoms with Crippen LogP contribution in [0.4, 0.5) is 0 Å². The number of benzene rings is 2. The molecule has 1 N–H and O–H groups in total. The summed E-state index contributed by atoms with van der Waals surface area (Å²) in [7, 11) is 0. The average Bonchev–Trinajstić information content (AvgIpc) is 2.96. The van der Waals surface area contributed by atoms with E-state index in [1.165, 1.54) is 0 Å². The Morgan fingerprint density at radius 3 is 1.86 bits per heavy atom. The van der Waals surface area contributed by atoms with Crippen LogP contribution < -0.4 is 0 Å². The largest absolute Gasteiger partial charge is 0.477 e. The van der Waals surface area contributed by atoms with Crippen molar-refractivity contribution in [3.63, 3.8) is 0 Å². The van der Waals surface area contributed by atoms with E-state index in [0.717, 1.165) is 11.1 Å². The highest BCUT2D eigenvalue weighted by Gasteiger charge is 2.44. The molecule has 108 valence electrons. The van der Waals surface area contributed by atoms with Gasteiger partial charge in [-0.25, -0.2) is 4.79 Å². The minimum atomic E-state index is -1.04. The molecule has 0 bridgehead atoms. The maximum Gasteiger partial charge on any atom is 0.353 e. The van der Waals surface area contributed by atoms with Gasteiger partial charge in [0, 0.05) is 11.1 Å². The summed E-state index contributed by atoms with van der Waals surface area (Å²) in [5, 5.41) is 12.9. The van der Waals surface area contributed by atoms with Crippen molar-refractivity contribution < 1.29 is 14.7 Å². The summed E-state index contributed by atoms with van der Waals surface area (Å²) in [6.07, 6.45) is 0.219. The van der Waals surface area contributed by atoms with Crippen molar-refractivity contribution in [1.29, 1.82) is 0 Å². The van der Waals surface area contributed by atoms with Crippen LogP contribution in [0.2, 0.25) is 0 Å². The van der Waals surface area contributed by atoms with Gasteiger partial charge in [0.15, 0.2) is 11.3 Å². The highest BCUT2D eigenvalue weighted by Crippen LogP contribution is 2.41. The molecule has 1 aliphatic heterocycles. The Labute approximate surface area is 123 Å². The van der Waals surface area contributed by atoms with E-state index < -0.39 is 11.6 Å². The van der Waals surface area contributed by atoms with Crippen LogP contribution in [0.15, 0.2) is 65.8 Å². The lowest BCUT2D eigenvalue weighted by molar-refractivity contribution is -0.129. The Kier molecular flexibility index (Phi) is 4.08. The number of nitrogens with zero attached hydrogens (tertiary/aromatic N) is 1. The van der Waals surface area contributed by atoms with Crippen molar-refractivity contribution in [2.24, 2.45) is 5.16 Å². The molecular formula is C17H17NO3. The molecule has 2 aromatic carbocycles. The van der Waals surface area contributed by atoms with Crippen LogP contribution in [0, 0.1) is 0 Å². The van der Waals surface area contributed by atoms with Crippen molar-refractivity contribution in [3.05, 3.63) is 71.8 Å². The summed E-state index contributed by atoms with van der Waals surface area (Å²) in [5.41, 5.74) is 0.978. The minimum Gasteiger partial charge on any atom is -0.477 e. The number of oxime groups is 1. The lowest BCUT2D eigenvalue weighted by atomic mass is 9.82. The second kappa shape index (κ2) is 5.79.